The number of benzene rings is 2. The fraction of sp³-hybridized carbons (Fsp3) is 0.125. The van der Waals surface area contributed by atoms with E-state index in [1.54, 1.807) is 30.3 Å². The lowest BCUT2D eigenvalue weighted by Crippen LogP contribution is -2.02. The number of rotatable bonds is 6. The molecule has 20 heavy (non-hydrogen) atoms. The van der Waals surface area contributed by atoms with E-state index in [2.05, 4.69) is 0 Å². The second kappa shape index (κ2) is 6.52. The zero-order valence-electron chi connectivity index (χ0n) is 10.8. The first-order valence-electron chi connectivity index (χ1n) is 6.21. The number of phenols is 1. The van der Waals surface area contributed by atoms with Gasteiger partial charge in [-0.1, -0.05) is 30.3 Å². The summed E-state index contributed by atoms with van der Waals surface area (Å²) in [5, 5.41) is 9.91. The van der Waals surface area contributed by atoms with Crippen molar-refractivity contribution < 1.29 is 19.4 Å². The Balaban J connectivity index is 2.17. The van der Waals surface area contributed by atoms with Crippen molar-refractivity contribution >= 4 is 12.1 Å². The number of hydrogen-bond donors (Lipinski definition) is 1. The Morgan fingerprint density at radius 3 is 2.55 bits per heavy atom. The number of ether oxygens (including phenoxy) is 1. The number of carbonyl (C=O) groups is 2. The van der Waals surface area contributed by atoms with E-state index in [9.17, 15) is 14.7 Å². The Hall–Kier alpha value is -2.62. The maximum absolute atomic E-state index is 12.2. The number of phenolic OH excluding ortho intramolecular Hbond substituents is 1. The first-order valence-corrected chi connectivity index (χ1v) is 6.21. The molecule has 0 aliphatic rings. The minimum absolute atomic E-state index is 0.137. The zero-order valence-corrected chi connectivity index (χ0v) is 10.8. The van der Waals surface area contributed by atoms with E-state index in [1.807, 2.05) is 6.07 Å². The molecule has 0 amide bonds. The third kappa shape index (κ3) is 3.23. The van der Waals surface area contributed by atoms with Gasteiger partial charge in [-0.3, -0.25) is 4.79 Å². The SMILES string of the molecule is O=CCCOc1ccc(C(=O)c2ccccc2)c(O)c1. The second-order valence-electron chi connectivity index (χ2n) is 4.18. The molecular weight excluding hydrogens is 256 g/mol. The van der Waals surface area contributed by atoms with Crippen molar-refractivity contribution in [1.82, 2.24) is 0 Å². The molecule has 0 saturated heterocycles. The predicted octanol–water partition coefficient (Wildman–Crippen LogP) is 2.59. The highest BCUT2D eigenvalue weighted by Crippen LogP contribution is 2.25. The van der Waals surface area contributed by atoms with E-state index in [1.165, 1.54) is 12.1 Å². The topological polar surface area (TPSA) is 63.6 Å². The Bertz CT molecular complexity index is 605. The van der Waals surface area contributed by atoms with Gasteiger partial charge in [0.15, 0.2) is 5.78 Å². The Labute approximate surface area is 116 Å². The highest BCUT2D eigenvalue weighted by molar-refractivity contribution is 6.10. The summed E-state index contributed by atoms with van der Waals surface area (Å²) in [6.45, 7) is 0.245. The van der Waals surface area contributed by atoms with Crippen LogP contribution in [0.4, 0.5) is 0 Å². The van der Waals surface area contributed by atoms with Gasteiger partial charge in [0.2, 0.25) is 0 Å². The van der Waals surface area contributed by atoms with Gasteiger partial charge in [0.05, 0.1) is 12.2 Å². The molecule has 2 rings (SSSR count). The molecule has 0 unspecified atom stereocenters. The van der Waals surface area contributed by atoms with Crippen molar-refractivity contribution in [3.63, 3.8) is 0 Å². The van der Waals surface area contributed by atoms with E-state index in [0.29, 0.717) is 11.3 Å². The fourth-order valence-electron chi connectivity index (χ4n) is 1.76. The smallest absolute Gasteiger partial charge is 0.196 e. The molecule has 0 aliphatic carbocycles. The predicted molar refractivity (Wildman–Crippen MR) is 74.2 cm³/mol. The lowest BCUT2D eigenvalue weighted by molar-refractivity contribution is -0.108. The number of carbonyl (C=O) groups excluding carboxylic acids is 2. The van der Waals surface area contributed by atoms with Gasteiger partial charge >= 0.3 is 0 Å². The summed E-state index contributed by atoms with van der Waals surface area (Å²) < 4.78 is 5.27. The van der Waals surface area contributed by atoms with Crippen LogP contribution in [-0.4, -0.2) is 23.8 Å². The van der Waals surface area contributed by atoms with Crippen LogP contribution in [0, 0.1) is 0 Å². The number of ketones is 1. The molecule has 2 aromatic carbocycles. The Morgan fingerprint density at radius 1 is 1.15 bits per heavy atom. The van der Waals surface area contributed by atoms with Crippen molar-refractivity contribution in [2.45, 2.75) is 6.42 Å². The molecule has 0 saturated carbocycles. The van der Waals surface area contributed by atoms with Crippen LogP contribution < -0.4 is 4.74 Å². The summed E-state index contributed by atoms with van der Waals surface area (Å²) in [6, 6.07) is 13.2. The third-order valence-corrected chi connectivity index (χ3v) is 2.75. The first kappa shape index (κ1) is 13.8. The summed E-state index contributed by atoms with van der Waals surface area (Å²) >= 11 is 0. The standard InChI is InChI=1S/C16H14O4/c17-9-4-10-20-13-7-8-14(15(18)11-13)16(19)12-5-2-1-3-6-12/h1-3,5-9,11,18H,4,10H2. The molecule has 0 heterocycles. The lowest BCUT2D eigenvalue weighted by atomic mass is 10.0. The van der Waals surface area contributed by atoms with Crippen LogP contribution in [0.25, 0.3) is 0 Å². The molecule has 0 fully saturated rings. The zero-order chi connectivity index (χ0) is 14.4. The van der Waals surface area contributed by atoms with E-state index < -0.39 is 0 Å². The summed E-state index contributed by atoms with van der Waals surface area (Å²) in [5.74, 6) is 0.0407. The van der Waals surface area contributed by atoms with Crippen molar-refractivity contribution in [1.29, 1.82) is 0 Å². The molecule has 0 bridgehead atoms. The van der Waals surface area contributed by atoms with Gasteiger partial charge < -0.3 is 14.6 Å². The Morgan fingerprint density at radius 2 is 1.90 bits per heavy atom. The molecule has 4 heteroatoms. The fourth-order valence-corrected chi connectivity index (χ4v) is 1.76. The summed E-state index contributed by atoms with van der Waals surface area (Å²) in [4.78, 5) is 22.4. The van der Waals surface area contributed by atoms with Crippen molar-refractivity contribution in [2.75, 3.05) is 6.61 Å². The molecule has 0 aromatic heterocycles. The second-order valence-corrected chi connectivity index (χ2v) is 4.18. The van der Waals surface area contributed by atoms with Crippen molar-refractivity contribution in [2.24, 2.45) is 0 Å². The van der Waals surface area contributed by atoms with Crippen LogP contribution in [0.5, 0.6) is 11.5 Å². The van der Waals surface area contributed by atoms with E-state index >= 15 is 0 Å². The molecule has 0 radical (unpaired) electrons. The van der Waals surface area contributed by atoms with Gasteiger partial charge in [0.1, 0.15) is 17.8 Å². The number of aromatic hydroxyl groups is 1. The average Bonchev–Trinajstić information content (AvgIpc) is 2.48. The highest BCUT2D eigenvalue weighted by Gasteiger charge is 2.13. The van der Waals surface area contributed by atoms with Crippen LogP contribution in [0.3, 0.4) is 0 Å². The van der Waals surface area contributed by atoms with Crippen molar-refractivity contribution in [3.05, 3.63) is 59.7 Å². The average molecular weight is 270 g/mol. The van der Waals surface area contributed by atoms with Gasteiger partial charge in [-0.2, -0.15) is 0 Å². The maximum atomic E-state index is 12.2. The van der Waals surface area contributed by atoms with Crippen LogP contribution in [-0.2, 0) is 4.79 Å². The van der Waals surface area contributed by atoms with Crippen LogP contribution in [0.1, 0.15) is 22.3 Å². The Kier molecular flexibility index (Phi) is 4.50. The van der Waals surface area contributed by atoms with E-state index in [0.717, 1.165) is 6.29 Å². The molecule has 1 N–H and O–H groups in total. The monoisotopic (exact) mass is 270 g/mol. The molecule has 2 aromatic rings. The van der Waals surface area contributed by atoms with Gasteiger partial charge in [-0.25, -0.2) is 0 Å². The molecule has 102 valence electrons. The largest absolute Gasteiger partial charge is 0.507 e. The van der Waals surface area contributed by atoms with Crippen molar-refractivity contribution in [3.8, 4) is 11.5 Å². The van der Waals surface area contributed by atoms with Crippen LogP contribution >= 0.6 is 0 Å². The van der Waals surface area contributed by atoms with Gasteiger partial charge in [0.25, 0.3) is 0 Å². The van der Waals surface area contributed by atoms with Gasteiger partial charge in [0, 0.05) is 18.1 Å². The third-order valence-electron chi connectivity index (χ3n) is 2.75. The minimum Gasteiger partial charge on any atom is -0.507 e. The quantitative estimate of drug-likeness (QED) is 0.498. The minimum atomic E-state index is -0.248. The van der Waals surface area contributed by atoms with E-state index in [-0.39, 0.29) is 30.1 Å². The summed E-state index contributed by atoms with van der Waals surface area (Å²) in [6.07, 6.45) is 1.04. The first-order chi connectivity index (χ1) is 9.72. The number of aldehydes is 1. The maximum Gasteiger partial charge on any atom is 0.196 e. The van der Waals surface area contributed by atoms with Crippen LogP contribution in [0.2, 0.25) is 0 Å². The summed E-state index contributed by atoms with van der Waals surface area (Å²) in [7, 11) is 0. The molecule has 0 spiro atoms. The number of hydrogen-bond acceptors (Lipinski definition) is 4. The molecule has 0 aliphatic heterocycles. The molecular formula is C16H14O4. The lowest BCUT2D eigenvalue weighted by Gasteiger charge is -2.08. The normalized spacial score (nSPS) is 10.0. The highest BCUT2D eigenvalue weighted by atomic mass is 16.5. The van der Waals surface area contributed by atoms with Gasteiger partial charge in [-0.15, -0.1) is 0 Å². The van der Waals surface area contributed by atoms with E-state index in [4.69, 9.17) is 4.74 Å². The summed E-state index contributed by atoms with van der Waals surface area (Å²) in [5.41, 5.74) is 0.733. The molecule has 4 nitrogen and oxygen atoms in total. The molecule has 0 atom stereocenters. The van der Waals surface area contributed by atoms with Crippen LogP contribution in [0.15, 0.2) is 48.5 Å². The van der Waals surface area contributed by atoms with Gasteiger partial charge in [-0.05, 0) is 12.1 Å².